The monoisotopic (exact) mass is 1970 g/mol. The van der Waals surface area contributed by atoms with Crippen LogP contribution in [0.4, 0.5) is 34.1 Å². The van der Waals surface area contributed by atoms with Gasteiger partial charge in [-0.3, -0.25) is 24.9 Å². The zero-order valence-electron chi connectivity index (χ0n) is 88.7. The average Bonchev–Trinajstić information content (AvgIpc) is 0.808. The summed E-state index contributed by atoms with van der Waals surface area (Å²) in [4.78, 5) is 35.8. The predicted octanol–water partition coefficient (Wildman–Crippen LogP) is 32.2. The molecule has 14 aromatic carbocycles. The zero-order valence-corrected chi connectivity index (χ0v) is 91.2. The van der Waals surface area contributed by atoms with Gasteiger partial charge in [-0.2, -0.15) is 0 Å². The summed E-state index contributed by atoms with van der Waals surface area (Å²) >= 11 is 1.74. The van der Waals surface area contributed by atoms with Crippen LogP contribution in [0.1, 0.15) is 261 Å². The standard InChI is InChI=1S/C33H38NOP.C27H31NO2S.C27H33NOS.C25H33NO.C14H12N2O3/c1-32(2,3)25-21-24(31(35)28(22-25)33(4,5)6)23-34-29-19-13-14-20-30(29)36(26-15-9-7-10-16-26)27-17-11-8-12-18-27;1-26(2,3)20-16-19(25(29)22(17-20)27(4,5)6)18-28-23-14-10-11-15-24(23)31(30)21-12-8-7-9-13-21;1-26(2,3)20-16-19(25(29)22(17-20)27(4,5)6)18-28-23-14-10-11-15-24(23)30-21-12-8-7-9-13-21;1-17-11-9-10-12-22(17)26-18(2)15-23(27)20-14-13-19(24(3,4)5)16-21(20)25(6,7)8;1-10-4-2-3-5-13(10)15-9-11-8-12(16(18)19)6-7-14(11)17/h7-22,34-35H,23H2,1-6H3;7-18,29H,1-6H3;7-17,28-29H,18H2,1-6H3;9-16,26H,1-8H3;2-9,17H,1H3. The summed E-state index contributed by atoms with van der Waals surface area (Å²) in [5, 5.41) is 68.2. The Morgan fingerprint density at radius 1 is 0.399 bits per heavy atom. The summed E-state index contributed by atoms with van der Waals surface area (Å²) in [5.74, 6) is 1.04. The predicted molar refractivity (Wildman–Crippen MR) is 608 cm³/mol. The number of nitrogens with one attached hydrogen (secondary N) is 3. The Morgan fingerprint density at radius 2 is 0.804 bits per heavy atom. The van der Waals surface area contributed by atoms with Crippen molar-refractivity contribution >= 4 is 98.7 Å². The zero-order chi connectivity index (χ0) is 105. The van der Waals surface area contributed by atoms with Crippen molar-refractivity contribution in [1.29, 1.82) is 0 Å². The van der Waals surface area contributed by atoms with Crippen LogP contribution in [0.15, 0.2) is 357 Å². The number of allylic oxidation sites excluding steroid dienone is 2. The number of nitro benzene ring substituents is 1. The first kappa shape index (κ1) is 112. The topological polar surface area (TPSA) is 219 Å². The molecule has 7 N–H and O–H groups in total. The molecule has 14 nitrogen and oxygen atoms in total. The number of rotatable bonds is 22. The van der Waals surface area contributed by atoms with E-state index in [1.807, 2.05) is 135 Å². The van der Waals surface area contributed by atoms with Gasteiger partial charge in [-0.1, -0.05) is 390 Å². The van der Waals surface area contributed by atoms with Crippen LogP contribution in [-0.2, 0) is 67.2 Å². The molecule has 0 aliphatic heterocycles. The molecule has 0 heterocycles. The quantitative estimate of drug-likeness (QED) is 0.00842. The molecule has 1 atom stereocenters. The summed E-state index contributed by atoms with van der Waals surface area (Å²) in [7, 11) is -2.06. The maximum atomic E-state index is 13.1. The third-order valence-electron chi connectivity index (χ3n) is 24.3. The lowest BCUT2D eigenvalue weighted by Crippen LogP contribution is -2.23. The molecule has 14 rings (SSSR count). The Balaban J connectivity index is 0.000000186. The molecule has 0 aliphatic carbocycles. The number of phenolic OH excluding ortho intramolecular Hbond substituents is 4. The number of carbonyl (C=O) groups is 1. The first-order valence-electron chi connectivity index (χ1n) is 48.8. The van der Waals surface area contributed by atoms with Gasteiger partial charge in [0, 0.05) is 120 Å². The van der Waals surface area contributed by atoms with Crippen molar-refractivity contribution < 1.29 is 34.4 Å². The van der Waals surface area contributed by atoms with Gasteiger partial charge in [-0.05, 0) is 224 Å². The smallest absolute Gasteiger partial charge is 0.270 e. The molecule has 0 fully saturated rings. The normalized spacial score (nSPS) is 12.3. The van der Waals surface area contributed by atoms with Crippen molar-refractivity contribution in [3.8, 4) is 23.0 Å². The molecule has 1 unspecified atom stereocenters. The number of aryl methyl sites for hydroxylation is 2. The molecular formula is C126H147N6O8PS2. The first-order chi connectivity index (χ1) is 67.1. The Bertz CT molecular complexity index is 6780. The molecule has 0 aliphatic rings. The molecule has 0 radical (unpaired) electrons. The number of non-ortho nitro benzene ring substituents is 1. The fraction of sp³-hybridized carbons (Fsp3) is 0.294. The summed E-state index contributed by atoms with van der Waals surface area (Å²) in [6.45, 7) is 59.1. The lowest BCUT2D eigenvalue weighted by molar-refractivity contribution is -0.384. The molecule has 0 spiro atoms. The number of hydrogen-bond acceptors (Lipinski definition) is 14. The molecule has 746 valence electrons. The number of phenols is 4. The van der Waals surface area contributed by atoms with E-state index in [4.69, 9.17) is 0 Å². The fourth-order valence-electron chi connectivity index (χ4n) is 15.7. The summed E-state index contributed by atoms with van der Waals surface area (Å²) in [6, 6.07) is 104. The number of ketones is 1. The number of nitro groups is 1. The fourth-order valence-corrected chi connectivity index (χ4v) is 20.3. The number of nitrogens with zero attached hydrogens (tertiary/aromatic N) is 3. The SMILES string of the molecule is CC(=CC(=O)c1ccc(C(C)(C)C)cc1C(C)(C)C)Nc1ccccc1C.CC(C)(C)c1cc(C=Nc2ccccc2S(=O)c2ccccc2)c(O)c(C(C)(C)C)c1.CC(C)(C)c1cc(CNc2ccccc2P(c2ccccc2)c2ccccc2)c(O)c(C(C)(C)C)c1.CC(C)(C)c1cc(CNc2ccccc2Sc2ccccc2)c(O)c(C(C)(C)C)c1.Cc1ccccc1N=Cc1cc([N+](=O)[O-])ccc1O. The molecule has 14 aromatic rings. The molecule has 0 saturated heterocycles. The van der Waals surface area contributed by atoms with Gasteiger partial charge in [-0.15, -0.1) is 0 Å². The number of anilines is 3. The third-order valence-corrected chi connectivity index (χ3v) is 29.4. The van der Waals surface area contributed by atoms with E-state index < -0.39 is 23.6 Å². The highest BCUT2D eigenvalue weighted by atomic mass is 32.2. The van der Waals surface area contributed by atoms with Crippen molar-refractivity contribution in [2.24, 2.45) is 9.98 Å². The maximum absolute atomic E-state index is 13.1. The van der Waals surface area contributed by atoms with Crippen LogP contribution in [0.5, 0.6) is 23.0 Å². The molecule has 0 saturated carbocycles. The largest absolute Gasteiger partial charge is 0.507 e. The van der Waals surface area contributed by atoms with Crippen LogP contribution < -0.4 is 31.9 Å². The van der Waals surface area contributed by atoms with Crippen molar-refractivity contribution in [1.82, 2.24) is 0 Å². The van der Waals surface area contributed by atoms with E-state index in [-0.39, 0.29) is 66.3 Å². The van der Waals surface area contributed by atoms with E-state index in [0.717, 1.165) is 89.0 Å². The molecule has 17 heteroatoms. The highest BCUT2D eigenvalue weighted by molar-refractivity contribution is 7.99. The van der Waals surface area contributed by atoms with Crippen LogP contribution >= 0.6 is 19.7 Å². The Morgan fingerprint density at radius 3 is 1.30 bits per heavy atom. The first-order valence-corrected chi connectivity index (χ1v) is 52.2. The minimum atomic E-state index is -1.33. The number of benzene rings is 14. The van der Waals surface area contributed by atoms with Crippen LogP contribution in [0, 0.1) is 24.0 Å². The number of aliphatic imine (C=N–C) groups is 2. The number of carbonyl (C=O) groups excluding carboxylic acids is 1. The van der Waals surface area contributed by atoms with Crippen molar-refractivity contribution in [3.63, 3.8) is 0 Å². The molecule has 143 heavy (non-hydrogen) atoms. The van der Waals surface area contributed by atoms with Crippen LogP contribution in [-0.4, -0.2) is 47.8 Å². The summed E-state index contributed by atoms with van der Waals surface area (Å²) in [5.41, 5.74) is 19.4. The van der Waals surface area contributed by atoms with Gasteiger partial charge >= 0.3 is 0 Å². The van der Waals surface area contributed by atoms with E-state index in [1.54, 1.807) is 24.1 Å². The Labute approximate surface area is 859 Å². The van der Waals surface area contributed by atoms with Gasteiger partial charge in [0.25, 0.3) is 5.69 Å². The van der Waals surface area contributed by atoms with Crippen molar-refractivity contribution in [2.45, 2.75) is 263 Å². The Hall–Kier alpha value is -13.2. The minimum Gasteiger partial charge on any atom is -0.507 e. The third kappa shape index (κ3) is 31.6. The van der Waals surface area contributed by atoms with Gasteiger partial charge in [0.2, 0.25) is 0 Å². The van der Waals surface area contributed by atoms with Crippen LogP contribution in [0.25, 0.3) is 0 Å². The number of hydrogen-bond donors (Lipinski definition) is 7. The lowest BCUT2D eigenvalue weighted by Gasteiger charge is -2.28. The van der Waals surface area contributed by atoms with Gasteiger partial charge < -0.3 is 36.4 Å². The lowest BCUT2D eigenvalue weighted by atomic mass is 9.78. The second-order valence-electron chi connectivity index (χ2n) is 44.4. The summed E-state index contributed by atoms with van der Waals surface area (Å²) in [6.07, 6.45) is 4.80. The molecule has 0 bridgehead atoms. The summed E-state index contributed by atoms with van der Waals surface area (Å²) < 4.78 is 13.1. The van der Waals surface area contributed by atoms with Crippen LogP contribution in [0.3, 0.4) is 0 Å². The van der Waals surface area contributed by atoms with E-state index in [9.17, 15) is 39.5 Å². The number of aromatic hydroxyl groups is 4. The molecular weight excluding hydrogens is 1820 g/mol. The molecule has 0 aromatic heterocycles. The van der Waals surface area contributed by atoms with Crippen molar-refractivity contribution in [3.05, 3.63) is 421 Å². The van der Waals surface area contributed by atoms with Crippen LogP contribution in [0.2, 0.25) is 0 Å². The Kier molecular flexibility index (Phi) is 37.7. The highest BCUT2D eigenvalue weighted by Gasteiger charge is 2.31. The number of para-hydroxylation sites is 5. The minimum absolute atomic E-state index is 0.00466. The van der Waals surface area contributed by atoms with Crippen molar-refractivity contribution in [2.75, 3.05) is 16.0 Å². The van der Waals surface area contributed by atoms with Gasteiger partial charge in [0.1, 0.15) is 23.0 Å². The van der Waals surface area contributed by atoms with E-state index in [0.29, 0.717) is 46.3 Å². The van der Waals surface area contributed by atoms with Gasteiger partial charge in [0.05, 0.1) is 32.0 Å². The van der Waals surface area contributed by atoms with E-state index >= 15 is 0 Å². The van der Waals surface area contributed by atoms with Gasteiger partial charge in [-0.25, -0.2) is 4.21 Å². The molecule has 0 amide bonds. The second-order valence-corrected chi connectivity index (χ2v) is 49.2. The maximum Gasteiger partial charge on any atom is 0.270 e. The van der Waals surface area contributed by atoms with E-state index in [1.165, 1.54) is 66.8 Å². The second kappa shape index (κ2) is 48.2. The van der Waals surface area contributed by atoms with E-state index in [2.05, 4.69) is 375 Å². The van der Waals surface area contributed by atoms with Gasteiger partial charge in [0.15, 0.2) is 5.78 Å². The highest BCUT2D eigenvalue weighted by Crippen LogP contribution is 2.45. The average molecular weight is 1970 g/mol.